The van der Waals surface area contributed by atoms with E-state index in [0.717, 1.165) is 22.4 Å². The standard InChI is InChI=1S/C26H34Cl2N2O4S/c1-16(2)21-14-22(17(3)12-25(21)34-5)18(4)29-26(31)20-8-10-30(11-9-20)35(32,33)15-19-6-7-23(27)24(28)13-19/h6-7,12-14,16,18,20H,8-11,15H2,1-5H3,(H,29,31). The van der Waals surface area contributed by atoms with Gasteiger partial charge in [-0.05, 0) is 79.1 Å². The number of sulfonamides is 1. The van der Waals surface area contributed by atoms with Gasteiger partial charge in [0.25, 0.3) is 0 Å². The van der Waals surface area contributed by atoms with Crippen molar-refractivity contribution in [3.8, 4) is 5.75 Å². The topological polar surface area (TPSA) is 75.7 Å². The van der Waals surface area contributed by atoms with E-state index >= 15 is 0 Å². The second-order valence-corrected chi connectivity index (χ2v) is 12.3. The van der Waals surface area contributed by atoms with Crippen LogP contribution in [0.1, 0.15) is 67.8 Å². The monoisotopic (exact) mass is 540 g/mol. The fourth-order valence-electron chi connectivity index (χ4n) is 4.55. The maximum atomic E-state index is 13.0. The molecule has 1 unspecified atom stereocenters. The molecule has 1 amide bonds. The molecule has 1 aliphatic rings. The predicted octanol–water partition coefficient (Wildman–Crippen LogP) is 5.85. The summed E-state index contributed by atoms with van der Waals surface area (Å²) in [5.74, 6) is 0.737. The van der Waals surface area contributed by atoms with Gasteiger partial charge in [0.15, 0.2) is 0 Å². The highest BCUT2D eigenvalue weighted by atomic mass is 35.5. The number of carbonyl (C=O) groups excluding carboxylic acids is 1. The minimum Gasteiger partial charge on any atom is -0.496 e. The molecule has 0 spiro atoms. The van der Waals surface area contributed by atoms with Gasteiger partial charge in [0.1, 0.15) is 5.75 Å². The fraction of sp³-hybridized carbons (Fsp3) is 0.500. The van der Waals surface area contributed by atoms with Gasteiger partial charge in [-0.1, -0.05) is 43.1 Å². The third-order valence-electron chi connectivity index (χ3n) is 6.62. The minimum atomic E-state index is -3.52. The first-order chi connectivity index (χ1) is 16.4. The molecule has 2 aromatic carbocycles. The summed E-state index contributed by atoms with van der Waals surface area (Å²) in [6.07, 6.45) is 0.968. The van der Waals surface area contributed by atoms with Crippen molar-refractivity contribution in [3.63, 3.8) is 0 Å². The van der Waals surface area contributed by atoms with Crippen LogP contribution in [0.25, 0.3) is 0 Å². The van der Waals surface area contributed by atoms with E-state index in [1.165, 1.54) is 4.31 Å². The average molecular weight is 542 g/mol. The first-order valence-corrected chi connectivity index (χ1v) is 14.2. The van der Waals surface area contributed by atoms with Crippen molar-refractivity contribution in [1.82, 2.24) is 9.62 Å². The molecule has 1 saturated heterocycles. The number of hydrogen-bond donors (Lipinski definition) is 1. The van der Waals surface area contributed by atoms with Gasteiger partial charge in [-0.25, -0.2) is 12.7 Å². The SMILES string of the molecule is COc1cc(C)c(C(C)NC(=O)C2CCN(S(=O)(=O)Cc3ccc(Cl)c(Cl)c3)CC2)cc1C(C)C. The molecule has 0 aliphatic carbocycles. The van der Waals surface area contributed by atoms with Crippen molar-refractivity contribution in [2.45, 2.75) is 58.2 Å². The number of ether oxygens (including phenoxy) is 1. The molecule has 0 saturated carbocycles. The lowest BCUT2D eigenvalue weighted by Gasteiger charge is -2.31. The molecule has 1 fully saturated rings. The zero-order chi connectivity index (χ0) is 25.9. The quantitative estimate of drug-likeness (QED) is 0.455. The largest absolute Gasteiger partial charge is 0.496 e. The number of amides is 1. The lowest BCUT2D eigenvalue weighted by atomic mass is 9.92. The van der Waals surface area contributed by atoms with Crippen LogP contribution in [0.5, 0.6) is 5.75 Å². The Bertz CT molecular complexity index is 1180. The van der Waals surface area contributed by atoms with E-state index in [9.17, 15) is 13.2 Å². The molecule has 1 N–H and O–H groups in total. The Morgan fingerprint density at radius 3 is 2.31 bits per heavy atom. The molecule has 9 heteroatoms. The summed E-state index contributed by atoms with van der Waals surface area (Å²) >= 11 is 12.0. The van der Waals surface area contributed by atoms with E-state index in [1.54, 1.807) is 25.3 Å². The number of aryl methyl sites for hydroxylation is 1. The van der Waals surface area contributed by atoms with Crippen LogP contribution in [-0.4, -0.2) is 38.8 Å². The van der Waals surface area contributed by atoms with Gasteiger partial charge >= 0.3 is 0 Å². The highest BCUT2D eigenvalue weighted by molar-refractivity contribution is 7.88. The molecule has 1 aliphatic heterocycles. The van der Waals surface area contributed by atoms with Gasteiger partial charge in [0.2, 0.25) is 15.9 Å². The van der Waals surface area contributed by atoms with E-state index in [-0.39, 0.29) is 23.6 Å². The zero-order valence-electron chi connectivity index (χ0n) is 20.9. The Morgan fingerprint density at radius 1 is 1.09 bits per heavy atom. The molecule has 3 rings (SSSR count). The first kappa shape index (κ1) is 27.8. The molecule has 192 valence electrons. The molecule has 0 bridgehead atoms. The van der Waals surface area contributed by atoms with Crippen LogP contribution in [0.15, 0.2) is 30.3 Å². The average Bonchev–Trinajstić information content (AvgIpc) is 2.80. The number of halogens is 2. The number of methoxy groups -OCH3 is 1. The minimum absolute atomic E-state index is 0.0413. The van der Waals surface area contributed by atoms with Gasteiger partial charge in [-0.2, -0.15) is 0 Å². The Kier molecular flexibility index (Phi) is 9.13. The summed E-state index contributed by atoms with van der Waals surface area (Å²) in [5.41, 5.74) is 3.81. The zero-order valence-corrected chi connectivity index (χ0v) is 23.2. The van der Waals surface area contributed by atoms with Crippen LogP contribution >= 0.6 is 23.2 Å². The second-order valence-electron chi connectivity index (χ2n) is 9.51. The molecule has 1 atom stereocenters. The summed E-state index contributed by atoms with van der Waals surface area (Å²) in [7, 11) is -1.85. The fourth-order valence-corrected chi connectivity index (χ4v) is 6.42. The summed E-state index contributed by atoms with van der Waals surface area (Å²) < 4.78 is 32.8. The van der Waals surface area contributed by atoms with Crippen LogP contribution in [-0.2, 0) is 20.6 Å². The van der Waals surface area contributed by atoms with Crippen LogP contribution in [0.4, 0.5) is 0 Å². The molecule has 0 radical (unpaired) electrons. The van der Waals surface area contributed by atoms with E-state index in [0.29, 0.717) is 47.5 Å². The molecule has 1 heterocycles. The van der Waals surface area contributed by atoms with Crippen LogP contribution in [0.3, 0.4) is 0 Å². The summed E-state index contributed by atoms with van der Waals surface area (Å²) in [4.78, 5) is 13.0. The highest BCUT2D eigenvalue weighted by Gasteiger charge is 2.32. The smallest absolute Gasteiger partial charge is 0.223 e. The number of piperidine rings is 1. The Morgan fingerprint density at radius 2 is 1.74 bits per heavy atom. The number of nitrogens with zero attached hydrogens (tertiary/aromatic N) is 1. The van der Waals surface area contributed by atoms with Gasteiger partial charge in [-0.15, -0.1) is 0 Å². The molecular weight excluding hydrogens is 507 g/mol. The third kappa shape index (κ3) is 6.70. The first-order valence-electron chi connectivity index (χ1n) is 11.8. The van der Waals surface area contributed by atoms with Crippen molar-refractivity contribution in [2.24, 2.45) is 5.92 Å². The third-order valence-corrected chi connectivity index (χ3v) is 9.21. The summed E-state index contributed by atoms with van der Waals surface area (Å²) in [6.45, 7) is 8.85. The second kappa shape index (κ2) is 11.5. The van der Waals surface area contributed by atoms with Crippen LogP contribution in [0, 0.1) is 12.8 Å². The number of nitrogens with one attached hydrogen (secondary N) is 1. The maximum Gasteiger partial charge on any atom is 0.223 e. The maximum absolute atomic E-state index is 13.0. The van der Waals surface area contributed by atoms with Crippen LogP contribution < -0.4 is 10.1 Å². The van der Waals surface area contributed by atoms with Gasteiger partial charge in [-0.3, -0.25) is 4.79 Å². The lowest BCUT2D eigenvalue weighted by Crippen LogP contribution is -2.43. The lowest BCUT2D eigenvalue weighted by molar-refractivity contribution is -0.126. The van der Waals surface area contributed by atoms with E-state index in [1.807, 2.05) is 19.9 Å². The number of rotatable bonds is 8. The predicted molar refractivity (Wildman–Crippen MR) is 142 cm³/mol. The molecule has 0 aromatic heterocycles. The van der Waals surface area contributed by atoms with Crippen molar-refractivity contribution in [1.29, 1.82) is 0 Å². The van der Waals surface area contributed by atoms with Gasteiger partial charge in [0, 0.05) is 19.0 Å². The Labute approximate surface area is 219 Å². The number of hydrogen-bond acceptors (Lipinski definition) is 4. The number of carbonyl (C=O) groups is 1. The van der Waals surface area contributed by atoms with Gasteiger partial charge in [0.05, 0.1) is 28.9 Å². The van der Waals surface area contributed by atoms with Crippen molar-refractivity contribution < 1.29 is 17.9 Å². The summed E-state index contributed by atoms with van der Waals surface area (Å²) in [5, 5.41) is 3.86. The van der Waals surface area contributed by atoms with E-state index < -0.39 is 10.0 Å². The molecule has 6 nitrogen and oxygen atoms in total. The Hall–Kier alpha value is -1.80. The number of benzene rings is 2. The van der Waals surface area contributed by atoms with Crippen molar-refractivity contribution in [2.75, 3.05) is 20.2 Å². The normalized spacial score (nSPS) is 16.3. The highest BCUT2D eigenvalue weighted by Crippen LogP contribution is 2.32. The van der Waals surface area contributed by atoms with Crippen molar-refractivity contribution in [3.05, 3.63) is 62.6 Å². The molecule has 2 aromatic rings. The molecular formula is C26H34Cl2N2O4S. The van der Waals surface area contributed by atoms with Crippen LogP contribution in [0.2, 0.25) is 10.0 Å². The Balaban J connectivity index is 1.61. The van der Waals surface area contributed by atoms with Gasteiger partial charge < -0.3 is 10.1 Å². The summed E-state index contributed by atoms with van der Waals surface area (Å²) in [6, 6.07) is 8.81. The van der Waals surface area contributed by atoms with Crippen molar-refractivity contribution >= 4 is 39.1 Å². The van der Waals surface area contributed by atoms with E-state index in [2.05, 4.69) is 25.2 Å². The molecule has 35 heavy (non-hydrogen) atoms. The van der Waals surface area contributed by atoms with E-state index in [4.69, 9.17) is 27.9 Å².